The van der Waals surface area contributed by atoms with E-state index in [0.717, 1.165) is 31.4 Å². The molecule has 1 saturated carbocycles. The lowest BCUT2D eigenvalue weighted by Crippen LogP contribution is -2.50. The first kappa shape index (κ1) is 21.3. The summed E-state index contributed by atoms with van der Waals surface area (Å²) in [6, 6.07) is 2.24. The van der Waals surface area contributed by atoms with E-state index >= 15 is 0 Å². The summed E-state index contributed by atoms with van der Waals surface area (Å²) in [6.45, 7) is 8.68. The van der Waals surface area contributed by atoms with Gasteiger partial charge in [0.05, 0.1) is 11.3 Å². The first-order chi connectivity index (χ1) is 14.7. The van der Waals surface area contributed by atoms with Gasteiger partial charge < -0.3 is 14.5 Å². The van der Waals surface area contributed by atoms with E-state index in [1.807, 2.05) is 38.7 Å². The smallest absolute Gasteiger partial charge is 0.410 e. The second-order valence-electron chi connectivity index (χ2n) is 9.32. The molecule has 0 atom stereocenters. The van der Waals surface area contributed by atoms with Crippen LogP contribution in [0.15, 0.2) is 24.7 Å². The SMILES string of the molecule is Cc1ccn(-c2ncc(C(=O)N(C3CC3)C3CCN(C(=O)OC(C)(C)C)CC3)cn2)n1. The molecule has 0 spiro atoms. The summed E-state index contributed by atoms with van der Waals surface area (Å²) in [5, 5.41) is 4.30. The van der Waals surface area contributed by atoms with Crippen LogP contribution in [0.1, 0.15) is 62.5 Å². The van der Waals surface area contributed by atoms with Crippen LogP contribution < -0.4 is 0 Å². The van der Waals surface area contributed by atoms with Gasteiger partial charge in [-0.25, -0.2) is 19.4 Å². The highest BCUT2D eigenvalue weighted by atomic mass is 16.6. The Balaban J connectivity index is 1.41. The number of nitrogens with zero attached hydrogens (tertiary/aromatic N) is 6. The van der Waals surface area contributed by atoms with Crippen LogP contribution in [0.2, 0.25) is 0 Å². The van der Waals surface area contributed by atoms with Gasteiger partial charge in [0, 0.05) is 43.8 Å². The van der Waals surface area contributed by atoms with Gasteiger partial charge in [-0.2, -0.15) is 5.10 Å². The van der Waals surface area contributed by atoms with E-state index in [0.29, 0.717) is 24.6 Å². The molecular formula is C22H30N6O3. The first-order valence-electron chi connectivity index (χ1n) is 10.9. The molecule has 9 nitrogen and oxygen atoms in total. The van der Waals surface area contributed by atoms with Gasteiger partial charge in [0.15, 0.2) is 0 Å². The second kappa shape index (κ2) is 8.28. The van der Waals surface area contributed by atoms with Gasteiger partial charge >= 0.3 is 6.09 Å². The Labute approximate surface area is 182 Å². The molecule has 2 aliphatic rings. The van der Waals surface area contributed by atoms with Gasteiger partial charge in [-0.05, 0) is 59.4 Å². The van der Waals surface area contributed by atoms with Crippen molar-refractivity contribution in [1.82, 2.24) is 29.5 Å². The normalized spacial score (nSPS) is 17.5. The third-order valence-corrected chi connectivity index (χ3v) is 5.50. The minimum Gasteiger partial charge on any atom is -0.444 e. The Bertz CT molecular complexity index is 937. The number of piperidine rings is 1. The molecule has 31 heavy (non-hydrogen) atoms. The second-order valence-corrected chi connectivity index (χ2v) is 9.32. The predicted octanol–water partition coefficient (Wildman–Crippen LogP) is 2.97. The van der Waals surface area contributed by atoms with Crippen LogP contribution in [0.3, 0.4) is 0 Å². The van der Waals surface area contributed by atoms with Crippen molar-refractivity contribution in [2.24, 2.45) is 0 Å². The molecule has 1 aliphatic carbocycles. The zero-order chi connectivity index (χ0) is 22.2. The number of hydrogen-bond donors (Lipinski definition) is 0. The van der Waals surface area contributed by atoms with E-state index in [4.69, 9.17) is 4.74 Å². The van der Waals surface area contributed by atoms with Crippen molar-refractivity contribution in [1.29, 1.82) is 0 Å². The molecular weight excluding hydrogens is 396 g/mol. The van der Waals surface area contributed by atoms with Gasteiger partial charge in [0.2, 0.25) is 5.95 Å². The standard InChI is InChI=1S/C22H30N6O3/c1-15-7-12-27(25-15)20-23-13-16(14-24-20)19(29)28(17-5-6-17)18-8-10-26(11-9-18)21(30)31-22(2,3)4/h7,12-14,17-18H,5-6,8-11H2,1-4H3. The largest absolute Gasteiger partial charge is 0.444 e. The molecule has 9 heteroatoms. The Morgan fingerprint density at radius 2 is 1.68 bits per heavy atom. The minimum atomic E-state index is -0.509. The monoisotopic (exact) mass is 426 g/mol. The molecule has 1 saturated heterocycles. The predicted molar refractivity (Wildman–Crippen MR) is 114 cm³/mol. The van der Waals surface area contributed by atoms with Crippen LogP contribution in [0.5, 0.6) is 0 Å². The van der Waals surface area contributed by atoms with Crippen molar-refractivity contribution in [3.8, 4) is 5.95 Å². The third-order valence-electron chi connectivity index (χ3n) is 5.50. The summed E-state index contributed by atoms with van der Waals surface area (Å²) in [6.07, 6.45) is 8.18. The van der Waals surface area contributed by atoms with E-state index in [-0.39, 0.29) is 24.1 Å². The molecule has 3 heterocycles. The van der Waals surface area contributed by atoms with Crippen molar-refractivity contribution in [3.63, 3.8) is 0 Å². The van der Waals surface area contributed by atoms with Gasteiger partial charge in [0.1, 0.15) is 5.60 Å². The van der Waals surface area contributed by atoms with Crippen molar-refractivity contribution in [2.75, 3.05) is 13.1 Å². The molecule has 0 unspecified atom stereocenters. The van der Waals surface area contributed by atoms with Crippen molar-refractivity contribution in [2.45, 2.75) is 71.1 Å². The quantitative estimate of drug-likeness (QED) is 0.746. The van der Waals surface area contributed by atoms with Crippen LogP contribution in [0.4, 0.5) is 4.79 Å². The number of carbonyl (C=O) groups excluding carboxylic acids is 2. The zero-order valence-electron chi connectivity index (χ0n) is 18.6. The van der Waals surface area contributed by atoms with E-state index < -0.39 is 5.60 Å². The number of amides is 2. The van der Waals surface area contributed by atoms with Crippen LogP contribution in [0.25, 0.3) is 5.95 Å². The number of rotatable bonds is 4. The summed E-state index contributed by atoms with van der Waals surface area (Å²) in [7, 11) is 0. The highest BCUT2D eigenvalue weighted by Crippen LogP contribution is 2.33. The fraction of sp³-hybridized carbons (Fsp3) is 0.591. The molecule has 0 N–H and O–H groups in total. The van der Waals surface area contributed by atoms with E-state index in [1.54, 1.807) is 28.2 Å². The molecule has 2 amide bonds. The fourth-order valence-electron chi connectivity index (χ4n) is 3.86. The molecule has 166 valence electrons. The molecule has 2 aromatic rings. The average molecular weight is 427 g/mol. The van der Waals surface area contributed by atoms with E-state index in [2.05, 4.69) is 15.1 Å². The van der Waals surface area contributed by atoms with E-state index in [1.165, 1.54) is 0 Å². The highest BCUT2D eigenvalue weighted by molar-refractivity contribution is 5.94. The van der Waals surface area contributed by atoms with Crippen molar-refractivity contribution < 1.29 is 14.3 Å². The summed E-state index contributed by atoms with van der Waals surface area (Å²) < 4.78 is 7.07. The number of carbonyl (C=O) groups is 2. The fourth-order valence-corrected chi connectivity index (χ4v) is 3.86. The summed E-state index contributed by atoms with van der Waals surface area (Å²) >= 11 is 0. The lowest BCUT2D eigenvalue weighted by Gasteiger charge is -2.39. The van der Waals surface area contributed by atoms with E-state index in [9.17, 15) is 9.59 Å². The van der Waals surface area contributed by atoms with Crippen LogP contribution in [-0.4, -0.2) is 72.3 Å². The summed E-state index contributed by atoms with van der Waals surface area (Å²) in [5.41, 5.74) is 0.848. The maximum atomic E-state index is 13.3. The Hall–Kier alpha value is -2.97. The molecule has 0 bridgehead atoms. The third kappa shape index (κ3) is 5.03. The molecule has 2 fully saturated rings. The van der Waals surface area contributed by atoms with Gasteiger partial charge in [0.25, 0.3) is 5.91 Å². The van der Waals surface area contributed by atoms with Crippen molar-refractivity contribution >= 4 is 12.0 Å². The number of likely N-dealkylation sites (tertiary alicyclic amines) is 1. The maximum absolute atomic E-state index is 13.3. The summed E-state index contributed by atoms with van der Waals surface area (Å²) in [5.74, 6) is 0.398. The Morgan fingerprint density at radius 3 is 2.19 bits per heavy atom. The zero-order valence-corrected chi connectivity index (χ0v) is 18.6. The van der Waals surface area contributed by atoms with Gasteiger partial charge in [-0.1, -0.05) is 0 Å². The van der Waals surface area contributed by atoms with Crippen LogP contribution in [-0.2, 0) is 4.74 Å². The Morgan fingerprint density at radius 1 is 1.06 bits per heavy atom. The lowest BCUT2D eigenvalue weighted by atomic mass is 10.0. The molecule has 0 radical (unpaired) electrons. The Kier molecular flexibility index (Phi) is 5.68. The van der Waals surface area contributed by atoms with Crippen molar-refractivity contribution in [3.05, 3.63) is 35.9 Å². The molecule has 0 aromatic carbocycles. The molecule has 2 aromatic heterocycles. The van der Waals surface area contributed by atoms with Gasteiger partial charge in [-0.3, -0.25) is 4.79 Å². The minimum absolute atomic E-state index is 0.0404. The van der Waals surface area contributed by atoms with Gasteiger partial charge in [-0.15, -0.1) is 0 Å². The molecule has 4 rings (SSSR count). The topological polar surface area (TPSA) is 93.5 Å². The summed E-state index contributed by atoms with van der Waals surface area (Å²) in [4.78, 5) is 38.0. The number of aryl methyl sites for hydroxylation is 1. The number of aromatic nitrogens is 4. The number of ether oxygens (including phenoxy) is 1. The first-order valence-corrected chi connectivity index (χ1v) is 10.9. The highest BCUT2D eigenvalue weighted by Gasteiger charge is 2.40. The molecule has 1 aliphatic heterocycles. The maximum Gasteiger partial charge on any atom is 0.410 e. The average Bonchev–Trinajstić information content (AvgIpc) is 3.46. The van der Waals surface area contributed by atoms with Crippen LogP contribution >= 0.6 is 0 Å². The number of hydrogen-bond acceptors (Lipinski definition) is 6. The van der Waals surface area contributed by atoms with Crippen LogP contribution in [0, 0.1) is 6.92 Å². The lowest BCUT2D eigenvalue weighted by molar-refractivity contribution is 0.0142.